The predicted octanol–water partition coefficient (Wildman–Crippen LogP) is 1.19. The van der Waals surface area contributed by atoms with Crippen LogP contribution in [0, 0.1) is 5.92 Å². The predicted molar refractivity (Wildman–Crippen MR) is 73.3 cm³/mol. The monoisotopic (exact) mass is 284 g/mol. The van der Waals surface area contributed by atoms with Gasteiger partial charge in [-0.05, 0) is 25.7 Å². The number of urea groups is 1. The van der Waals surface area contributed by atoms with Gasteiger partial charge in [0.2, 0.25) is 0 Å². The van der Waals surface area contributed by atoms with Gasteiger partial charge in [0.05, 0.1) is 5.60 Å². The van der Waals surface area contributed by atoms with Gasteiger partial charge in [0.1, 0.15) is 6.04 Å². The summed E-state index contributed by atoms with van der Waals surface area (Å²) in [7, 11) is 0. The lowest BCUT2D eigenvalue weighted by Crippen LogP contribution is -2.57. The quantitative estimate of drug-likeness (QED) is 0.726. The number of nitrogens with one attached hydrogen (secondary N) is 1. The lowest BCUT2D eigenvalue weighted by Gasteiger charge is -2.47. The van der Waals surface area contributed by atoms with Crippen LogP contribution in [0.15, 0.2) is 0 Å². The van der Waals surface area contributed by atoms with Crippen LogP contribution in [0.25, 0.3) is 0 Å². The Morgan fingerprint density at radius 2 is 2.15 bits per heavy atom. The van der Waals surface area contributed by atoms with Crippen LogP contribution >= 0.6 is 0 Å². The third kappa shape index (κ3) is 3.06. The van der Waals surface area contributed by atoms with Crippen molar-refractivity contribution in [2.45, 2.75) is 57.1 Å². The minimum atomic E-state index is -1.01. The zero-order valence-electron chi connectivity index (χ0n) is 12.0. The number of carboxylic acids is 1. The van der Waals surface area contributed by atoms with Gasteiger partial charge in [-0.1, -0.05) is 19.8 Å². The largest absolute Gasteiger partial charge is 0.480 e. The van der Waals surface area contributed by atoms with Crippen LogP contribution in [0.2, 0.25) is 0 Å². The molecule has 20 heavy (non-hydrogen) atoms. The van der Waals surface area contributed by atoms with E-state index in [2.05, 4.69) is 5.32 Å². The van der Waals surface area contributed by atoms with Crippen molar-refractivity contribution in [2.75, 3.05) is 13.1 Å². The molecular formula is C14H24N2O4. The Morgan fingerprint density at radius 1 is 1.40 bits per heavy atom. The number of aliphatic carboxylic acids is 1. The Labute approximate surface area is 119 Å². The summed E-state index contributed by atoms with van der Waals surface area (Å²) < 4.78 is 0. The van der Waals surface area contributed by atoms with E-state index in [1.807, 2.05) is 0 Å². The van der Waals surface area contributed by atoms with E-state index in [4.69, 9.17) is 5.11 Å². The molecule has 0 radical (unpaired) electrons. The van der Waals surface area contributed by atoms with Gasteiger partial charge in [-0.15, -0.1) is 0 Å². The number of carboxylic acid groups (broad SMARTS) is 1. The van der Waals surface area contributed by atoms with Crippen LogP contribution in [-0.4, -0.2) is 51.8 Å². The molecule has 3 atom stereocenters. The standard InChI is InChI=1S/C14H24N2O4/c1-2-11(12(17)18)15-13(19)16-8-7-14(20)6-4-3-5-10(14)9-16/h10-11,20H,2-9H2,1H3,(H,15,19)(H,17,18). The van der Waals surface area contributed by atoms with Crippen molar-refractivity contribution in [2.24, 2.45) is 5.92 Å². The fourth-order valence-corrected chi connectivity index (χ4v) is 3.33. The number of piperidine rings is 1. The van der Waals surface area contributed by atoms with Crippen molar-refractivity contribution in [3.63, 3.8) is 0 Å². The Hall–Kier alpha value is -1.30. The highest BCUT2D eigenvalue weighted by Gasteiger charge is 2.43. The molecule has 2 amide bonds. The number of nitrogens with zero attached hydrogens (tertiary/aromatic N) is 1. The third-order valence-corrected chi connectivity index (χ3v) is 4.72. The average Bonchev–Trinajstić information content (AvgIpc) is 2.43. The minimum Gasteiger partial charge on any atom is -0.480 e. The molecule has 1 aliphatic carbocycles. The summed E-state index contributed by atoms with van der Waals surface area (Å²) in [6.45, 7) is 2.75. The van der Waals surface area contributed by atoms with Gasteiger partial charge in [-0.25, -0.2) is 9.59 Å². The molecule has 0 bridgehead atoms. The molecule has 6 nitrogen and oxygen atoms in total. The first kappa shape index (κ1) is 15.1. The number of rotatable bonds is 3. The van der Waals surface area contributed by atoms with E-state index in [-0.39, 0.29) is 11.9 Å². The molecule has 1 aliphatic heterocycles. The molecule has 1 saturated heterocycles. The van der Waals surface area contributed by atoms with E-state index in [1.165, 1.54) is 0 Å². The first-order valence-electron chi connectivity index (χ1n) is 7.47. The minimum absolute atomic E-state index is 0.126. The molecule has 0 aromatic heterocycles. The number of hydrogen-bond acceptors (Lipinski definition) is 3. The van der Waals surface area contributed by atoms with Crippen molar-refractivity contribution in [1.29, 1.82) is 0 Å². The van der Waals surface area contributed by atoms with E-state index in [1.54, 1.807) is 11.8 Å². The lowest BCUT2D eigenvalue weighted by molar-refractivity contribution is -0.139. The van der Waals surface area contributed by atoms with Gasteiger partial charge in [-0.2, -0.15) is 0 Å². The molecule has 3 unspecified atom stereocenters. The molecule has 114 valence electrons. The van der Waals surface area contributed by atoms with Crippen LogP contribution in [0.5, 0.6) is 0 Å². The van der Waals surface area contributed by atoms with Crippen LogP contribution in [-0.2, 0) is 4.79 Å². The summed E-state index contributed by atoms with van der Waals surface area (Å²) in [5.74, 6) is -0.882. The summed E-state index contributed by atoms with van der Waals surface area (Å²) in [6, 6.07) is -1.17. The van der Waals surface area contributed by atoms with Crippen LogP contribution in [0.1, 0.15) is 45.4 Å². The summed E-state index contributed by atoms with van der Waals surface area (Å²) in [5, 5.41) is 22.1. The SMILES string of the molecule is CCC(NC(=O)N1CCC2(O)CCCCC2C1)C(=O)O. The number of fused-ring (bicyclic) bond motifs is 1. The second-order valence-electron chi connectivity index (χ2n) is 5.99. The van der Waals surface area contributed by atoms with Gasteiger partial charge in [0.25, 0.3) is 0 Å². The lowest BCUT2D eigenvalue weighted by atomic mass is 9.71. The van der Waals surface area contributed by atoms with Crippen molar-refractivity contribution in [3.8, 4) is 0 Å². The van der Waals surface area contributed by atoms with Gasteiger partial charge >= 0.3 is 12.0 Å². The van der Waals surface area contributed by atoms with Crippen molar-refractivity contribution in [1.82, 2.24) is 10.2 Å². The highest BCUT2D eigenvalue weighted by molar-refractivity contribution is 5.82. The van der Waals surface area contributed by atoms with E-state index in [9.17, 15) is 14.7 Å². The normalized spacial score (nSPS) is 31.3. The zero-order chi connectivity index (χ0) is 14.8. The molecule has 3 N–H and O–H groups in total. The number of aliphatic hydroxyl groups is 1. The highest BCUT2D eigenvalue weighted by Crippen LogP contribution is 2.39. The number of carbonyl (C=O) groups excluding carboxylic acids is 1. The number of hydrogen-bond donors (Lipinski definition) is 3. The summed E-state index contributed by atoms with van der Waals surface area (Å²) >= 11 is 0. The molecular weight excluding hydrogens is 260 g/mol. The van der Waals surface area contributed by atoms with Gasteiger partial charge in [0, 0.05) is 19.0 Å². The fraction of sp³-hybridized carbons (Fsp3) is 0.857. The molecule has 0 spiro atoms. The number of amides is 2. The zero-order valence-corrected chi connectivity index (χ0v) is 12.0. The molecule has 2 fully saturated rings. The summed E-state index contributed by atoms with van der Waals surface area (Å²) in [6.07, 6.45) is 4.86. The van der Waals surface area contributed by atoms with Gasteiger partial charge < -0.3 is 20.4 Å². The maximum atomic E-state index is 12.1. The van der Waals surface area contributed by atoms with Crippen LogP contribution in [0.4, 0.5) is 4.79 Å². The first-order valence-corrected chi connectivity index (χ1v) is 7.47. The Bertz CT molecular complexity index is 387. The average molecular weight is 284 g/mol. The topological polar surface area (TPSA) is 89.9 Å². The van der Waals surface area contributed by atoms with E-state index in [0.717, 1.165) is 25.7 Å². The smallest absolute Gasteiger partial charge is 0.326 e. The molecule has 2 rings (SSSR count). The van der Waals surface area contributed by atoms with Gasteiger partial charge in [0.15, 0.2) is 0 Å². The number of carbonyl (C=O) groups is 2. The Morgan fingerprint density at radius 3 is 2.80 bits per heavy atom. The maximum Gasteiger partial charge on any atom is 0.326 e. The Balaban J connectivity index is 1.94. The first-order chi connectivity index (χ1) is 9.46. The van der Waals surface area contributed by atoms with Crippen molar-refractivity contribution in [3.05, 3.63) is 0 Å². The molecule has 2 aliphatic rings. The van der Waals surface area contributed by atoms with E-state index < -0.39 is 17.6 Å². The molecule has 1 heterocycles. The summed E-state index contributed by atoms with van der Waals surface area (Å²) in [5.41, 5.74) is -0.619. The summed E-state index contributed by atoms with van der Waals surface area (Å²) in [4.78, 5) is 24.7. The second kappa shape index (κ2) is 5.99. The maximum absolute atomic E-state index is 12.1. The number of likely N-dealkylation sites (tertiary alicyclic amines) is 1. The fourth-order valence-electron chi connectivity index (χ4n) is 3.33. The Kier molecular flexibility index (Phi) is 4.52. The third-order valence-electron chi connectivity index (χ3n) is 4.72. The van der Waals surface area contributed by atoms with Gasteiger partial charge in [-0.3, -0.25) is 0 Å². The second-order valence-corrected chi connectivity index (χ2v) is 5.99. The molecule has 0 aromatic carbocycles. The van der Waals surface area contributed by atoms with Crippen LogP contribution < -0.4 is 5.32 Å². The molecule has 1 saturated carbocycles. The van der Waals surface area contributed by atoms with Crippen molar-refractivity contribution >= 4 is 12.0 Å². The van der Waals surface area contributed by atoms with E-state index >= 15 is 0 Å². The van der Waals surface area contributed by atoms with E-state index in [0.29, 0.717) is 25.9 Å². The van der Waals surface area contributed by atoms with Crippen LogP contribution in [0.3, 0.4) is 0 Å². The van der Waals surface area contributed by atoms with Crippen molar-refractivity contribution < 1.29 is 19.8 Å². The molecule has 0 aromatic rings. The highest BCUT2D eigenvalue weighted by atomic mass is 16.4. The molecule has 6 heteroatoms.